The number of aryl methyl sites for hydroxylation is 1. The van der Waals surface area contributed by atoms with Crippen LogP contribution < -0.4 is 10.0 Å². The summed E-state index contributed by atoms with van der Waals surface area (Å²) in [4.78, 5) is 14.3. The number of hydrogen-bond acceptors (Lipinski definition) is 4. The number of nitrogens with one attached hydrogen (secondary N) is 2. The second-order valence-corrected chi connectivity index (χ2v) is 7.88. The Balaban J connectivity index is 1.79. The maximum atomic E-state index is 12.2. The highest BCUT2D eigenvalue weighted by Gasteiger charge is 2.18. The van der Waals surface area contributed by atoms with E-state index in [1.165, 1.54) is 0 Å². The van der Waals surface area contributed by atoms with Crippen LogP contribution in [0.2, 0.25) is 0 Å². The molecule has 1 aliphatic heterocycles. The van der Waals surface area contributed by atoms with E-state index in [1.807, 2.05) is 6.92 Å². The predicted molar refractivity (Wildman–Crippen MR) is 89.6 cm³/mol. The van der Waals surface area contributed by atoms with Crippen LogP contribution in [-0.4, -0.2) is 51.4 Å². The lowest BCUT2D eigenvalue weighted by molar-refractivity contribution is -0.122. The van der Waals surface area contributed by atoms with Crippen LogP contribution in [0.5, 0.6) is 0 Å². The quantitative estimate of drug-likeness (QED) is 0.773. The molecule has 0 radical (unpaired) electrons. The van der Waals surface area contributed by atoms with E-state index in [9.17, 15) is 13.2 Å². The number of nitrogens with zero attached hydrogens (tertiary/aromatic N) is 1. The summed E-state index contributed by atoms with van der Waals surface area (Å²) in [6, 6.07) is 6.42. The highest BCUT2D eigenvalue weighted by atomic mass is 32.2. The van der Waals surface area contributed by atoms with E-state index >= 15 is 0 Å². The van der Waals surface area contributed by atoms with Gasteiger partial charge in [0.1, 0.15) is 0 Å². The number of sulfonamides is 1. The first-order valence-corrected chi connectivity index (χ1v) is 9.43. The van der Waals surface area contributed by atoms with Gasteiger partial charge in [0.15, 0.2) is 0 Å². The van der Waals surface area contributed by atoms with Crippen molar-refractivity contribution >= 4 is 15.9 Å². The minimum Gasteiger partial charge on any atom is -0.351 e. The topological polar surface area (TPSA) is 78.5 Å². The molecule has 1 aromatic carbocycles. The van der Waals surface area contributed by atoms with Gasteiger partial charge in [-0.15, -0.1) is 0 Å². The van der Waals surface area contributed by atoms with Crippen molar-refractivity contribution in [3.63, 3.8) is 0 Å². The molecule has 7 heteroatoms. The third-order valence-corrected chi connectivity index (χ3v) is 5.32. The van der Waals surface area contributed by atoms with Gasteiger partial charge >= 0.3 is 0 Å². The highest BCUT2D eigenvalue weighted by molar-refractivity contribution is 7.89. The molecule has 1 heterocycles. The summed E-state index contributed by atoms with van der Waals surface area (Å²) in [6.07, 6.45) is 2.28. The molecule has 23 heavy (non-hydrogen) atoms. The summed E-state index contributed by atoms with van der Waals surface area (Å²) in [6.45, 7) is 6.17. The van der Waals surface area contributed by atoms with Gasteiger partial charge in [-0.25, -0.2) is 13.1 Å². The zero-order chi connectivity index (χ0) is 16.9. The first-order valence-electron chi connectivity index (χ1n) is 7.95. The van der Waals surface area contributed by atoms with Gasteiger partial charge in [0, 0.05) is 12.6 Å². The van der Waals surface area contributed by atoms with E-state index < -0.39 is 10.0 Å². The summed E-state index contributed by atoms with van der Waals surface area (Å²) in [5.41, 5.74) is 1.01. The van der Waals surface area contributed by atoms with Gasteiger partial charge < -0.3 is 5.32 Å². The van der Waals surface area contributed by atoms with Crippen molar-refractivity contribution in [1.29, 1.82) is 0 Å². The number of benzene rings is 1. The van der Waals surface area contributed by atoms with Crippen LogP contribution >= 0.6 is 0 Å². The molecule has 1 aliphatic rings. The third kappa shape index (κ3) is 5.60. The Morgan fingerprint density at radius 3 is 2.43 bits per heavy atom. The van der Waals surface area contributed by atoms with Gasteiger partial charge in [-0.3, -0.25) is 9.69 Å². The Hall–Kier alpha value is -1.44. The maximum absolute atomic E-state index is 12.2. The summed E-state index contributed by atoms with van der Waals surface area (Å²) < 4.78 is 26.9. The number of carbonyl (C=O) groups is 1. The molecular formula is C16H25N3O3S. The first kappa shape index (κ1) is 17.9. The minimum absolute atomic E-state index is 0.0612. The lowest BCUT2D eigenvalue weighted by Gasteiger charge is -2.18. The molecule has 0 bridgehead atoms. The molecule has 0 aromatic heterocycles. The molecular weight excluding hydrogens is 314 g/mol. The fourth-order valence-electron chi connectivity index (χ4n) is 2.55. The Morgan fingerprint density at radius 1 is 1.22 bits per heavy atom. The molecule has 128 valence electrons. The van der Waals surface area contributed by atoms with Gasteiger partial charge in [-0.1, -0.05) is 17.7 Å². The Bertz CT molecular complexity index is 622. The van der Waals surface area contributed by atoms with Crippen LogP contribution in [0, 0.1) is 6.92 Å². The fraction of sp³-hybridized carbons (Fsp3) is 0.562. The zero-order valence-corrected chi connectivity index (χ0v) is 14.5. The lowest BCUT2D eigenvalue weighted by atomic mass is 10.2. The normalized spacial score (nSPS) is 17.1. The molecule has 1 saturated heterocycles. The third-order valence-electron chi connectivity index (χ3n) is 3.88. The van der Waals surface area contributed by atoms with Gasteiger partial charge in [0.05, 0.1) is 11.4 Å². The summed E-state index contributed by atoms with van der Waals surface area (Å²) in [5.74, 6) is -0.0612. The van der Waals surface area contributed by atoms with Crippen molar-refractivity contribution in [3.8, 4) is 0 Å². The Morgan fingerprint density at radius 2 is 1.83 bits per heavy atom. The van der Waals surface area contributed by atoms with E-state index in [1.54, 1.807) is 31.2 Å². The van der Waals surface area contributed by atoms with Crippen molar-refractivity contribution in [3.05, 3.63) is 29.8 Å². The van der Waals surface area contributed by atoms with Crippen LogP contribution in [0.15, 0.2) is 29.2 Å². The molecule has 1 fully saturated rings. The molecule has 2 rings (SSSR count). The number of hydrogen-bond donors (Lipinski definition) is 2. The van der Waals surface area contributed by atoms with Crippen molar-refractivity contribution in [1.82, 2.24) is 14.9 Å². The molecule has 0 saturated carbocycles. The standard InChI is InChI=1S/C16H25N3O3S/c1-13-5-7-15(8-6-13)23(21,22)17-11-14(2)18-16(20)12-19-9-3-4-10-19/h5-8,14,17H,3-4,9-12H2,1-2H3,(H,18,20). The average molecular weight is 339 g/mol. The van der Waals surface area contributed by atoms with Crippen molar-refractivity contribution < 1.29 is 13.2 Å². The summed E-state index contributed by atoms with van der Waals surface area (Å²) >= 11 is 0. The number of amides is 1. The molecule has 0 spiro atoms. The molecule has 1 atom stereocenters. The fourth-order valence-corrected chi connectivity index (χ4v) is 3.68. The molecule has 0 aliphatic carbocycles. The second kappa shape index (κ2) is 7.90. The summed E-state index contributed by atoms with van der Waals surface area (Å²) in [7, 11) is -3.54. The molecule has 1 aromatic rings. The lowest BCUT2D eigenvalue weighted by Crippen LogP contribution is -2.45. The van der Waals surface area contributed by atoms with Crippen molar-refractivity contribution in [2.24, 2.45) is 0 Å². The van der Waals surface area contributed by atoms with Gasteiger partial charge in [0.2, 0.25) is 15.9 Å². The van der Waals surface area contributed by atoms with E-state index in [-0.39, 0.29) is 23.4 Å². The van der Waals surface area contributed by atoms with Crippen LogP contribution in [0.4, 0.5) is 0 Å². The number of carbonyl (C=O) groups excluding carboxylic acids is 1. The second-order valence-electron chi connectivity index (χ2n) is 6.12. The van der Waals surface area contributed by atoms with Gasteiger partial charge in [-0.05, 0) is 51.9 Å². The first-order chi connectivity index (χ1) is 10.9. The largest absolute Gasteiger partial charge is 0.351 e. The van der Waals surface area contributed by atoms with Gasteiger partial charge in [-0.2, -0.15) is 0 Å². The number of likely N-dealkylation sites (tertiary alicyclic amines) is 1. The average Bonchev–Trinajstić information content (AvgIpc) is 2.98. The number of rotatable bonds is 7. The molecule has 1 unspecified atom stereocenters. The van der Waals surface area contributed by atoms with E-state index in [2.05, 4.69) is 14.9 Å². The van der Waals surface area contributed by atoms with Gasteiger partial charge in [0.25, 0.3) is 0 Å². The van der Waals surface area contributed by atoms with Crippen LogP contribution in [-0.2, 0) is 14.8 Å². The monoisotopic (exact) mass is 339 g/mol. The molecule has 6 nitrogen and oxygen atoms in total. The SMILES string of the molecule is Cc1ccc(S(=O)(=O)NCC(C)NC(=O)CN2CCCC2)cc1. The van der Waals surface area contributed by atoms with Crippen molar-refractivity contribution in [2.75, 3.05) is 26.2 Å². The van der Waals surface area contributed by atoms with Crippen LogP contribution in [0.25, 0.3) is 0 Å². The molecule has 1 amide bonds. The van der Waals surface area contributed by atoms with E-state index in [4.69, 9.17) is 0 Å². The van der Waals surface area contributed by atoms with E-state index in [0.29, 0.717) is 6.54 Å². The maximum Gasteiger partial charge on any atom is 0.240 e. The minimum atomic E-state index is -3.54. The summed E-state index contributed by atoms with van der Waals surface area (Å²) in [5, 5.41) is 2.83. The van der Waals surface area contributed by atoms with Crippen LogP contribution in [0.1, 0.15) is 25.3 Å². The Kier molecular flexibility index (Phi) is 6.15. The van der Waals surface area contributed by atoms with Crippen molar-refractivity contribution in [2.45, 2.75) is 37.6 Å². The Labute approximate surface area is 138 Å². The van der Waals surface area contributed by atoms with E-state index in [0.717, 1.165) is 31.5 Å². The smallest absolute Gasteiger partial charge is 0.240 e. The predicted octanol–water partition coefficient (Wildman–Crippen LogP) is 0.874. The molecule has 2 N–H and O–H groups in total. The zero-order valence-electron chi connectivity index (χ0n) is 13.7. The van der Waals surface area contributed by atoms with Crippen LogP contribution in [0.3, 0.4) is 0 Å². The highest BCUT2D eigenvalue weighted by Crippen LogP contribution is 2.09.